The van der Waals surface area contributed by atoms with Crippen molar-refractivity contribution in [3.8, 4) is 10.7 Å². The number of carbonyl (C=O) groups is 1. The number of fused-ring (bicyclic) bond motifs is 1. The average molecular weight is 413 g/mol. The Kier molecular flexibility index (Phi) is 4.91. The predicted molar refractivity (Wildman–Crippen MR) is 113 cm³/mol. The highest BCUT2D eigenvalue weighted by Crippen LogP contribution is 2.30. The molecule has 4 aromatic rings. The van der Waals surface area contributed by atoms with Crippen LogP contribution in [0.1, 0.15) is 37.3 Å². The number of aromatic amines is 1. The molecule has 0 fully saturated rings. The van der Waals surface area contributed by atoms with Gasteiger partial charge in [-0.2, -0.15) is 5.10 Å². The van der Waals surface area contributed by atoms with Gasteiger partial charge in [-0.25, -0.2) is 0 Å². The van der Waals surface area contributed by atoms with Crippen molar-refractivity contribution in [3.05, 3.63) is 57.9 Å². The lowest BCUT2D eigenvalue weighted by Gasteiger charge is -2.18. The molecule has 0 aliphatic carbocycles. The zero-order valence-corrected chi connectivity index (χ0v) is 17.4. The molecule has 2 unspecified atom stereocenters. The molecule has 1 amide bonds. The van der Waals surface area contributed by atoms with E-state index in [9.17, 15) is 4.79 Å². The van der Waals surface area contributed by atoms with Crippen LogP contribution in [0.4, 0.5) is 0 Å². The molecule has 2 N–H and O–H groups in total. The molecule has 144 valence electrons. The first-order chi connectivity index (χ1) is 13.5. The van der Waals surface area contributed by atoms with Crippen LogP contribution in [0.15, 0.2) is 46.2 Å². The fourth-order valence-electron chi connectivity index (χ4n) is 3.37. The van der Waals surface area contributed by atoms with Crippen molar-refractivity contribution in [1.29, 1.82) is 0 Å². The molecule has 0 aliphatic rings. The van der Waals surface area contributed by atoms with Crippen molar-refractivity contribution >= 4 is 40.4 Å². The van der Waals surface area contributed by atoms with Gasteiger partial charge in [0.25, 0.3) is 0 Å². The van der Waals surface area contributed by atoms with Gasteiger partial charge in [0.05, 0.1) is 10.9 Å². The van der Waals surface area contributed by atoms with Crippen LogP contribution in [0.25, 0.3) is 21.7 Å². The highest BCUT2D eigenvalue weighted by Gasteiger charge is 2.25. The molecular formula is C20H20N4O2S2. The summed E-state index contributed by atoms with van der Waals surface area (Å²) in [5.41, 5.74) is 1.86. The lowest BCUT2D eigenvalue weighted by Crippen LogP contribution is -2.33. The number of para-hydroxylation sites is 1. The minimum Gasteiger partial charge on any atom is -0.459 e. The number of nitrogens with zero attached hydrogens (tertiary/aromatic N) is 2. The van der Waals surface area contributed by atoms with E-state index < -0.39 is 6.04 Å². The topological polar surface area (TPSA) is 75.8 Å². The molecule has 6 nitrogen and oxygen atoms in total. The van der Waals surface area contributed by atoms with Crippen LogP contribution in [0.2, 0.25) is 0 Å². The number of aromatic nitrogens is 3. The molecule has 4 rings (SSSR count). The number of benzene rings is 1. The third kappa shape index (κ3) is 3.18. The number of aryl methyl sites for hydroxylation is 1. The van der Waals surface area contributed by atoms with E-state index >= 15 is 0 Å². The standard InChI is InChI=1S/C20H20N4O2S2/c1-11-14-7-4-5-8-15(14)26-17(11)12(2)21-19(25)13(3)24-18(22-23-20(24)27)16-9-6-10-28-16/h4-10,12-13H,1-3H3,(H,21,25)(H,23,27). The average Bonchev–Trinajstić information content (AvgIpc) is 3.40. The van der Waals surface area contributed by atoms with Gasteiger partial charge in [0, 0.05) is 10.9 Å². The quantitative estimate of drug-likeness (QED) is 0.444. The molecule has 0 saturated heterocycles. The molecule has 0 saturated carbocycles. The van der Waals surface area contributed by atoms with E-state index in [0.717, 1.165) is 27.2 Å². The van der Waals surface area contributed by atoms with Gasteiger partial charge in [0.2, 0.25) is 5.91 Å². The maximum atomic E-state index is 13.0. The Bertz CT molecular complexity index is 1190. The van der Waals surface area contributed by atoms with Gasteiger partial charge in [-0.15, -0.1) is 11.3 Å². The lowest BCUT2D eigenvalue weighted by molar-refractivity contribution is -0.124. The zero-order chi connectivity index (χ0) is 19.8. The van der Waals surface area contributed by atoms with Gasteiger partial charge in [0.1, 0.15) is 17.4 Å². The third-order valence-electron chi connectivity index (χ3n) is 4.85. The Morgan fingerprint density at radius 1 is 1.29 bits per heavy atom. The Hall–Kier alpha value is -2.71. The number of furan rings is 1. The second kappa shape index (κ2) is 7.37. The second-order valence-corrected chi connectivity index (χ2v) is 8.03. The van der Waals surface area contributed by atoms with Crippen molar-refractivity contribution < 1.29 is 9.21 Å². The van der Waals surface area contributed by atoms with Crippen LogP contribution in [0, 0.1) is 11.7 Å². The van der Waals surface area contributed by atoms with Crippen molar-refractivity contribution in [2.24, 2.45) is 0 Å². The summed E-state index contributed by atoms with van der Waals surface area (Å²) in [4.78, 5) is 13.9. The number of rotatable bonds is 5. The van der Waals surface area contributed by atoms with Crippen LogP contribution >= 0.6 is 23.6 Å². The number of thiophene rings is 1. The molecule has 0 aliphatic heterocycles. The first kappa shape index (κ1) is 18.6. The van der Waals surface area contributed by atoms with Crippen LogP contribution in [0.5, 0.6) is 0 Å². The summed E-state index contributed by atoms with van der Waals surface area (Å²) in [5, 5.41) is 13.2. The monoisotopic (exact) mass is 412 g/mol. The number of hydrogen-bond acceptors (Lipinski definition) is 5. The van der Waals surface area contributed by atoms with Gasteiger partial charge in [-0.1, -0.05) is 24.3 Å². The largest absolute Gasteiger partial charge is 0.459 e. The van der Waals surface area contributed by atoms with Crippen LogP contribution in [-0.4, -0.2) is 20.7 Å². The van der Waals surface area contributed by atoms with E-state index in [1.165, 1.54) is 0 Å². The summed E-state index contributed by atoms with van der Waals surface area (Å²) in [6.45, 7) is 5.74. The minimum atomic E-state index is -0.518. The van der Waals surface area contributed by atoms with E-state index in [1.54, 1.807) is 15.9 Å². The maximum absolute atomic E-state index is 13.0. The minimum absolute atomic E-state index is 0.150. The summed E-state index contributed by atoms with van der Waals surface area (Å²) in [6, 6.07) is 11.0. The second-order valence-electron chi connectivity index (χ2n) is 6.69. The van der Waals surface area contributed by atoms with Crippen LogP contribution in [0.3, 0.4) is 0 Å². The van der Waals surface area contributed by atoms with E-state index in [1.807, 2.05) is 62.5 Å². The van der Waals surface area contributed by atoms with Gasteiger partial charge < -0.3 is 9.73 Å². The molecule has 0 spiro atoms. The van der Waals surface area contributed by atoms with Gasteiger partial charge in [-0.3, -0.25) is 14.5 Å². The smallest absolute Gasteiger partial charge is 0.243 e. The highest BCUT2D eigenvalue weighted by atomic mass is 32.1. The molecule has 2 atom stereocenters. The number of amides is 1. The van der Waals surface area contributed by atoms with Crippen molar-refractivity contribution in [2.75, 3.05) is 0 Å². The Labute approximate surface area is 171 Å². The molecule has 8 heteroatoms. The normalized spacial score (nSPS) is 13.5. The van der Waals surface area contributed by atoms with Gasteiger partial charge >= 0.3 is 0 Å². The maximum Gasteiger partial charge on any atom is 0.243 e. The summed E-state index contributed by atoms with van der Waals surface area (Å²) in [7, 11) is 0. The molecule has 3 heterocycles. The lowest BCUT2D eigenvalue weighted by atomic mass is 10.1. The van der Waals surface area contributed by atoms with E-state index in [0.29, 0.717) is 10.6 Å². The van der Waals surface area contributed by atoms with E-state index in [4.69, 9.17) is 16.6 Å². The number of hydrogen-bond donors (Lipinski definition) is 2. The summed E-state index contributed by atoms with van der Waals surface area (Å²) in [5.74, 6) is 1.27. The highest BCUT2D eigenvalue weighted by molar-refractivity contribution is 7.71. The van der Waals surface area contributed by atoms with E-state index in [2.05, 4.69) is 15.5 Å². The molecule has 0 radical (unpaired) electrons. The number of H-pyrrole nitrogens is 1. The van der Waals surface area contributed by atoms with Crippen LogP contribution < -0.4 is 5.32 Å². The van der Waals surface area contributed by atoms with Crippen molar-refractivity contribution in [2.45, 2.75) is 32.9 Å². The summed E-state index contributed by atoms with van der Waals surface area (Å²) in [6.07, 6.45) is 0. The fourth-order valence-corrected chi connectivity index (χ4v) is 4.37. The Morgan fingerprint density at radius 3 is 2.79 bits per heavy atom. The molecule has 3 aromatic heterocycles. The molecule has 28 heavy (non-hydrogen) atoms. The van der Waals surface area contributed by atoms with Crippen molar-refractivity contribution in [1.82, 2.24) is 20.1 Å². The van der Waals surface area contributed by atoms with E-state index in [-0.39, 0.29) is 11.9 Å². The summed E-state index contributed by atoms with van der Waals surface area (Å²) >= 11 is 6.92. The van der Waals surface area contributed by atoms with Gasteiger partial charge in [0.15, 0.2) is 10.6 Å². The fraction of sp³-hybridized carbons (Fsp3) is 0.250. The summed E-state index contributed by atoms with van der Waals surface area (Å²) < 4.78 is 8.14. The Morgan fingerprint density at radius 2 is 2.07 bits per heavy atom. The van der Waals surface area contributed by atoms with Crippen molar-refractivity contribution in [3.63, 3.8) is 0 Å². The zero-order valence-electron chi connectivity index (χ0n) is 15.7. The third-order valence-corrected chi connectivity index (χ3v) is 6.00. The Balaban J connectivity index is 1.59. The first-order valence-corrected chi connectivity index (χ1v) is 10.3. The van der Waals surface area contributed by atoms with Gasteiger partial charge in [-0.05, 0) is 50.5 Å². The first-order valence-electron chi connectivity index (χ1n) is 8.96. The molecule has 1 aromatic carbocycles. The number of nitrogens with one attached hydrogen (secondary N) is 2. The molecular weight excluding hydrogens is 392 g/mol. The predicted octanol–water partition coefficient (Wildman–Crippen LogP) is 5.16. The SMILES string of the molecule is Cc1c(C(C)NC(=O)C(C)n2c(-c3cccs3)n[nH]c2=S)oc2ccccc12. The van der Waals surface area contributed by atoms with Crippen LogP contribution in [-0.2, 0) is 4.79 Å². The number of carbonyl (C=O) groups excluding carboxylic acids is 1. The molecule has 0 bridgehead atoms.